The van der Waals surface area contributed by atoms with Gasteiger partial charge in [-0.05, 0) is 67.6 Å². The molecule has 3 saturated heterocycles. The van der Waals surface area contributed by atoms with Crippen molar-refractivity contribution in [2.75, 3.05) is 60.8 Å². The van der Waals surface area contributed by atoms with Crippen LogP contribution in [0, 0.1) is 0 Å². The van der Waals surface area contributed by atoms with Crippen LogP contribution < -0.4 is 14.7 Å². The number of amides is 3. The molecular weight excluding hydrogens is 514 g/mol. The number of hydrogen-bond acceptors (Lipinski definition) is 7. The molecule has 2 atom stereocenters. The van der Waals surface area contributed by atoms with Crippen LogP contribution in [0.3, 0.4) is 0 Å². The van der Waals surface area contributed by atoms with Gasteiger partial charge in [0.15, 0.2) is 0 Å². The Kier molecular flexibility index (Phi) is 10.5. The molecule has 0 aromatic heterocycles. The van der Waals surface area contributed by atoms with Crippen LogP contribution in [-0.4, -0.2) is 81.3 Å². The summed E-state index contributed by atoms with van der Waals surface area (Å²) in [5.41, 5.74) is 3.73. The Hall–Kier alpha value is -3.47. The summed E-state index contributed by atoms with van der Waals surface area (Å²) in [6, 6.07) is 15.4. The van der Waals surface area contributed by atoms with Crippen molar-refractivity contribution in [1.82, 2.24) is 0 Å². The van der Waals surface area contributed by atoms with Gasteiger partial charge >= 0.3 is 6.09 Å². The quantitative estimate of drug-likeness (QED) is 0.533. The smallest absolute Gasteiger partial charge is 0.414 e. The first-order valence-electron chi connectivity index (χ1n) is 14.0. The number of aliphatic hydroxyl groups is 1. The molecule has 3 aliphatic heterocycles. The Balaban J connectivity index is 0.000000186. The van der Waals surface area contributed by atoms with Crippen molar-refractivity contribution < 1.29 is 33.7 Å². The van der Waals surface area contributed by atoms with Gasteiger partial charge in [-0.15, -0.1) is 0 Å². The zero-order valence-electron chi connectivity index (χ0n) is 23.3. The lowest BCUT2D eigenvalue weighted by Crippen LogP contribution is -2.41. The molecule has 0 spiro atoms. The summed E-state index contributed by atoms with van der Waals surface area (Å²) in [5, 5.41) is 9.55. The van der Waals surface area contributed by atoms with Gasteiger partial charge in [-0.3, -0.25) is 14.5 Å². The van der Waals surface area contributed by atoms with Gasteiger partial charge in [-0.25, -0.2) is 4.79 Å². The van der Waals surface area contributed by atoms with Crippen molar-refractivity contribution in [3.8, 4) is 0 Å². The monoisotopic (exact) mass is 553 g/mol. The minimum Gasteiger partial charge on any atom is -0.444 e. The van der Waals surface area contributed by atoms with E-state index in [9.17, 15) is 19.5 Å². The molecule has 3 aliphatic rings. The molecule has 5 rings (SSSR count). The number of hydrogen-bond donors (Lipinski definition) is 1. The highest BCUT2D eigenvalue weighted by atomic mass is 16.6. The molecule has 0 saturated carbocycles. The van der Waals surface area contributed by atoms with E-state index in [1.165, 1.54) is 5.56 Å². The summed E-state index contributed by atoms with van der Waals surface area (Å²) < 4.78 is 15.5. The SMILES string of the molecule is CC[C@H](O)CCc1ccc(N2CCOCC2=O)cc1.CC[C@H]1CN(c2ccc(N3CCOCC3=O)cc2)C(=O)O1. The van der Waals surface area contributed by atoms with E-state index in [4.69, 9.17) is 14.2 Å². The first-order chi connectivity index (χ1) is 19.4. The maximum Gasteiger partial charge on any atom is 0.414 e. The van der Waals surface area contributed by atoms with E-state index in [-0.39, 0.29) is 43.3 Å². The molecule has 0 bridgehead atoms. The molecule has 10 nitrogen and oxygen atoms in total. The summed E-state index contributed by atoms with van der Waals surface area (Å²) >= 11 is 0. The van der Waals surface area contributed by atoms with E-state index >= 15 is 0 Å². The van der Waals surface area contributed by atoms with Crippen LogP contribution >= 0.6 is 0 Å². The van der Waals surface area contributed by atoms with Crippen LogP contribution in [0.15, 0.2) is 48.5 Å². The molecule has 0 radical (unpaired) electrons. The van der Waals surface area contributed by atoms with Crippen LogP contribution in [0.1, 0.15) is 38.7 Å². The number of cyclic esters (lactones) is 1. The molecule has 3 heterocycles. The highest BCUT2D eigenvalue weighted by Gasteiger charge is 2.31. The van der Waals surface area contributed by atoms with Gasteiger partial charge < -0.3 is 29.1 Å². The summed E-state index contributed by atoms with van der Waals surface area (Å²) in [6.07, 6.45) is 2.68. The highest BCUT2D eigenvalue weighted by Crippen LogP contribution is 2.26. The maximum absolute atomic E-state index is 11.8. The fourth-order valence-electron chi connectivity index (χ4n) is 4.72. The lowest BCUT2D eigenvalue weighted by molar-refractivity contribution is -0.126. The van der Waals surface area contributed by atoms with Gasteiger partial charge in [0, 0.05) is 30.2 Å². The minimum absolute atomic E-state index is 0.0143. The van der Waals surface area contributed by atoms with Crippen LogP contribution in [0.4, 0.5) is 21.9 Å². The van der Waals surface area contributed by atoms with Gasteiger partial charge in [0.1, 0.15) is 19.3 Å². The third kappa shape index (κ3) is 7.59. The average molecular weight is 554 g/mol. The number of carbonyl (C=O) groups excluding carboxylic acids is 3. The number of aryl methyl sites for hydroxylation is 1. The number of rotatable bonds is 8. The maximum atomic E-state index is 11.8. The topological polar surface area (TPSA) is 109 Å². The zero-order valence-corrected chi connectivity index (χ0v) is 23.3. The Morgan fingerprint density at radius 2 is 1.30 bits per heavy atom. The van der Waals surface area contributed by atoms with E-state index in [0.29, 0.717) is 32.8 Å². The first kappa shape index (κ1) is 29.5. The van der Waals surface area contributed by atoms with Gasteiger partial charge in [0.25, 0.3) is 11.8 Å². The van der Waals surface area contributed by atoms with Crippen molar-refractivity contribution in [2.24, 2.45) is 0 Å². The molecule has 2 aromatic rings. The highest BCUT2D eigenvalue weighted by molar-refractivity contribution is 5.96. The average Bonchev–Trinajstić information content (AvgIpc) is 3.38. The van der Waals surface area contributed by atoms with Gasteiger partial charge in [-0.1, -0.05) is 26.0 Å². The Labute approximate surface area is 235 Å². The molecule has 40 heavy (non-hydrogen) atoms. The van der Waals surface area contributed by atoms with Crippen molar-refractivity contribution in [1.29, 1.82) is 0 Å². The molecule has 2 aromatic carbocycles. The van der Waals surface area contributed by atoms with Crippen LogP contribution in [0.2, 0.25) is 0 Å². The number of morpholine rings is 2. The molecule has 1 N–H and O–H groups in total. The fourth-order valence-corrected chi connectivity index (χ4v) is 4.72. The van der Waals surface area contributed by atoms with Crippen LogP contribution in [-0.2, 0) is 30.2 Å². The number of carbonyl (C=O) groups is 3. The normalized spacial score (nSPS) is 20.2. The lowest BCUT2D eigenvalue weighted by atomic mass is 10.0. The number of aliphatic hydroxyl groups excluding tert-OH is 1. The van der Waals surface area contributed by atoms with E-state index in [1.807, 2.05) is 62.4 Å². The van der Waals surface area contributed by atoms with Crippen molar-refractivity contribution >= 4 is 35.0 Å². The van der Waals surface area contributed by atoms with Crippen molar-refractivity contribution in [2.45, 2.75) is 51.7 Å². The largest absolute Gasteiger partial charge is 0.444 e. The predicted molar refractivity (Wildman–Crippen MR) is 152 cm³/mol. The fraction of sp³-hybridized carbons (Fsp3) is 0.500. The molecular formula is C30H39N3O7. The second kappa shape index (κ2) is 14.2. The van der Waals surface area contributed by atoms with E-state index in [0.717, 1.165) is 42.7 Å². The summed E-state index contributed by atoms with van der Waals surface area (Å²) in [5.74, 6) is -0.0268. The molecule has 10 heteroatoms. The van der Waals surface area contributed by atoms with Crippen LogP contribution in [0.25, 0.3) is 0 Å². The second-order valence-corrected chi connectivity index (χ2v) is 10.0. The number of nitrogens with zero attached hydrogens (tertiary/aromatic N) is 3. The van der Waals surface area contributed by atoms with Crippen molar-refractivity contribution in [3.63, 3.8) is 0 Å². The minimum atomic E-state index is -0.308. The zero-order chi connectivity index (χ0) is 28.5. The third-order valence-corrected chi connectivity index (χ3v) is 7.26. The molecule has 0 aliphatic carbocycles. The molecule has 0 unspecified atom stereocenters. The first-order valence-corrected chi connectivity index (χ1v) is 14.0. The molecule has 216 valence electrons. The summed E-state index contributed by atoms with van der Waals surface area (Å²) in [4.78, 5) is 40.4. The third-order valence-electron chi connectivity index (χ3n) is 7.26. The van der Waals surface area contributed by atoms with E-state index in [2.05, 4.69) is 0 Å². The van der Waals surface area contributed by atoms with Gasteiger partial charge in [0.05, 0.1) is 25.9 Å². The standard InChI is InChI=1S/C15H18N2O4.C15H21NO3/c1-2-13-9-17(15(19)21-13)12-5-3-11(4-6-12)16-7-8-20-10-14(16)18;1-2-14(17)8-5-12-3-6-13(7-4-12)16-9-10-19-11-15(16)18/h3-6,13H,2,7-10H2,1H3;3-4,6-7,14,17H,2,5,8-11H2,1H3/t13-;14-/m00/s1. The predicted octanol–water partition coefficient (Wildman–Crippen LogP) is 3.54. The summed E-state index contributed by atoms with van der Waals surface area (Å²) in [6.45, 7) is 7.16. The Bertz CT molecular complexity index is 1140. The second-order valence-electron chi connectivity index (χ2n) is 10.0. The molecule has 3 fully saturated rings. The van der Waals surface area contributed by atoms with E-state index < -0.39 is 0 Å². The molecule has 3 amide bonds. The van der Waals surface area contributed by atoms with Crippen LogP contribution in [0.5, 0.6) is 0 Å². The summed E-state index contributed by atoms with van der Waals surface area (Å²) in [7, 11) is 0. The van der Waals surface area contributed by atoms with E-state index in [1.54, 1.807) is 14.7 Å². The number of anilines is 3. The Morgan fingerprint density at radius 3 is 1.75 bits per heavy atom. The number of ether oxygens (including phenoxy) is 3. The lowest BCUT2D eigenvalue weighted by Gasteiger charge is -2.27. The van der Waals surface area contributed by atoms with Gasteiger partial charge in [-0.2, -0.15) is 0 Å². The number of benzene rings is 2. The van der Waals surface area contributed by atoms with Gasteiger partial charge in [0.2, 0.25) is 0 Å². The Morgan fingerprint density at radius 1 is 0.800 bits per heavy atom. The van der Waals surface area contributed by atoms with Crippen molar-refractivity contribution in [3.05, 3.63) is 54.1 Å².